The third kappa shape index (κ3) is 3.38. The summed E-state index contributed by atoms with van der Waals surface area (Å²) in [5, 5.41) is 32.9. The first-order chi connectivity index (χ1) is 13.0. The van der Waals surface area contributed by atoms with Crippen LogP contribution in [-0.2, 0) is 11.3 Å². The van der Waals surface area contributed by atoms with E-state index in [4.69, 9.17) is 5.11 Å². The van der Waals surface area contributed by atoms with Crippen molar-refractivity contribution in [3.63, 3.8) is 0 Å². The molecule has 0 unspecified atom stereocenters. The van der Waals surface area contributed by atoms with Gasteiger partial charge in [-0.1, -0.05) is 30.3 Å². The number of β-amino-alcohol motifs (C(OH)–C–C–N with tert-alkyl or cyclic N) is 1. The number of aliphatic hydroxyl groups excluding tert-OH is 2. The normalized spacial score (nSPS) is 30.0. The zero-order valence-electron chi connectivity index (χ0n) is 15.2. The standard InChI is InChI=1S/C19H24N4O3S/c1-12-21-22-17(27-12)9-23-8-15(25)19(11-23)14(7-20-16(26)10-24)18(19)13-5-3-2-4-6-13/h2-6,14-15,18,24-25H,7-11H2,1H3,(H,20,26)/t14-,15+,18-,19-/m1/s1. The molecule has 8 heteroatoms. The molecule has 1 saturated heterocycles. The molecule has 7 nitrogen and oxygen atoms in total. The molecule has 1 aromatic heterocycles. The Balaban J connectivity index is 1.53. The molecule has 4 rings (SSSR count). The molecule has 1 aromatic carbocycles. The third-order valence-corrected chi connectivity index (χ3v) is 6.68. The highest BCUT2D eigenvalue weighted by atomic mass is 32.1. The average molecular weight is 388 g/mol. The van der Waals surface area contributed by atoms with Crippen molar-refractivity contribution in [1.82, 2.24) is 20.4 Å². The van der Waals surface area contributed by atoms with Gasteiger partial charge in [0.05, 0.1) is 12.6 Å². The van der Waals surface area contributed by atoms with Gasteiger partial charge in [-0.3, -0.25) is 9.69 Å². The smallest absolute Gasteiger partial charge is 0.245 e. The van der Waals surface area contributed by atoms with Crippen LogP contribution in [-0.4, -0.2) is 63.6 Å². The van der Waals surface area contributed by atoms with Crippen LogP contribution in [0.2, 0.25) is 0 Å². The molecule has 1 aliphatic carbocycles. The summed E-state index contributed by atoms with van der Waals surface area (Å²) in [4.78, 5) is 13.8. The summed E-state index contributed by atoms with van der Waals surface area (Å²) < 4.78 is 0. The highest BCUT2D eigenvalue weighted by Crippen LogP contribution is 2.68. The predicted molar refractivity (Wildman–Crippen MR) is 101 cm³/mol. The number of hydrogen-bond donors (Lipinski definition) is 3. The van der Waals surface area contributed by atoms with Crippen LogP contribution in [0, 0.1) is 18.3 Å². The second kappa shape index (κ2) is 7.27. The monoisotopic (exact) mass is 388 g/mol. The van der Waals surface area contributed by atoms with Crippen molar-refractivity contribution in [2.24, 2.45) is 11.3 Å². The van der Waals surface area contributed by atoms with Gasteiger partial charge < -0.3 is 15.5 Å². The minimum absolute atomic E-state index is 0.145. The number of amides is 1. The second-order valence-corrected chi connectivity index (χ2v) is 8.74. The Hall–Kier alpha value is -1.87. The highest BCUT2D eigenvalue weighted by Gasteiger charge is 2.70. The number of aromatic nitrogens is 2. The summed E-state index contributed by atoms with van der Waals surface area (Å²) in [5.41, 5.74) is 0.914. The van der Waals surface area contributed by atoms with E-state index in [-0.39, 0.29) is 23.2 Å². The number of aryl methyl sites for hydroxylation is 1. The molecule has 1 aliphatic heterocycles. The van der Waals surface area contributed by atoms with E-state index in [2.05, 4.69) is 32.5 Å². The summed E-state index contributed by atoms with van der Waals surface area (Å²) >= 11 is 1.58. The van der Waals surface area contributed by atoms with Crippen molar-refractivity contribution in [3.8, 4) is 0 Å². The third-order valence-electron chi connectivity index (χ3n) is 5.86. The Morgan fingerprint density at radius 3 is 2.81 bits per heavy atom. The Morgan fingerprint density at radius 2 is 2.15 bits per heavy atom. The number of carbonyl (C=O) groups is 1. The number of nitrogens with one attached hydrogen (secondary N) is 1. The van der Waals surface area contributed by atoms with E-state index in [9.17, 15) is 9.90 Å². The minimum Gasteiger partial charge on any atom is -0.391 e. The Labute approximate surface area is 162 Å². The number of rotatable bonds is 6. The summed E-state index contributed by atoms with van der Waals surface area (Å²) in [6.45, 7) is 3.91. The molecule has 3 N–H and O–H groups in total. The van der Waals surface area contributed by atoms with Crippen LogP contribution in [0.25, 0.3) is 0 Å². The van der Waals surface area contributed by atoms with Gasteiger partial charge in [-0.05, 0) is 24.3 Å². The van der Waals surface area contributed by atoms with E-state index in [0.29, 0.717) is 19.6 Å². The average Bonchev–Trinajstić information content (AvgIpc) is 2.91. The van der Waals surface area contributed by atoms with Crippen molar-refractivity contribution in [2.75, 3.05) is 26.2 Å². The van der Waals surface area contributed by atoms with Crippen molar-refractivity contribution in [1.29, 1.82) is 0 Å². The number of aliphatic hydroxyl groups is 2. The maximum atomic E-state index is 11.5. The van der Waals surface area contributed by atoms with Crippen molar-refractivity contribution >= 4 is 17.2 Å². The van der Waals surface area contributed by atoms with Crippen molar-refractivity contribution in [3.05, 3.63) is 45.9 Å². The Kier molecular flexibility index (Phi) is 4.98. The van der Waals surface area contributed by atoms with Gasteiger partial charge in [-0.25, -0.2) is 0 Å². The number of carbonyl (C=O) groups excluding carboxylic acids is 1. The van der Waals surface area contributed by atoms with Gasteiger partial charge in [-0.2, -0.15) is 0 Å². The quantitative estimate of drug-likeness (QED) is 0.668. The maximum Gasteiger partial charge on any atom is 0.245 e. The van der Waals surface area contributed by atoms with Crippen LogP contribution in [0.4, 0.5) is 0 Å². The molecular weight excluding hydrogens is 364 g/mol. The molecule has 2 aromatic rings. The van der Waals surface area contributed by atoms with Crippen LogP contribution >= 0.6 is 11.3 Å². The first-order valence-corrected chi connectivity index (χ1v) is 9.98. The Bertz CT molecular complexity index is 814. The first-order valence-electron chi connectivity index (χ1n) is 9.16. The van der Waals surface area contributed by atoms with E-state index in [1.807, 2.05) is 25.1 Å². The summed E-state index contributed by atoms with van der Waals surface area (Å²) in [7, 11) is 0. The molecule has 1 saturated carbocycles. The van der Waals surface area contributed by atoms with E-state index in [1.165, 1.54) is 5.56 Å². The molecule has 4 atom stereocenters. The maximum absolute atomic E-state index is 11.5. The molecule has 27 heavy (non-hydrogen) atoms. The number of hydrogen-bond acceptors (Lipinski definition) is 7. The zero-order chi connectivity index (χ0) is 19.0. The second-order valence-electron chi connectivity index (χ2n) is 7.47. The molecular formula is C19H24N4O3S. The van der Waals surface area contributed by atoms with Gasteiger partial charge >= 0.3 is 0 Å². The zero-order valence-corrected chi connectivity index (χ0v) is 16.0. The summed E-state index contributed by atoms with van der Waals surface area (Å²) in [6, 6.07) is 10.2. The fourth-order valence-corrected chi connectivity index (χ4v) is 5.44. The van der Waals surface area contributed by atoms with Crippen LogP contribution < -0.4 is 5.32 Å². The van der Waals surface area contributed by atoms with E-state index < -0.39 is 12.7 Å². The highest BCUT2D eigenvalue weighted by molar-refractivity contribution is 7.11. The number of benzene rings is 1. The SMILES string of the molecule is Cc1nnc(CN2C[C@H](O)[C@@]3(C2)[C@H](CNC(=O)CO)[C@H]3c2ccccc2)s1. The van der Waals surface area contributed by atoms with Gasteiger partial charge in [-0.15, -0.1) is 21.5 Å². The van der Waals surface area contributed by atoms with Crippen LogP contribution in [0.3, 0.4) is 0 Å². The van der Waals surface area contributed by atoms with E-state index in [1.54, 1.807) is 11.3 Å². The van der Waals surface area contributed by atoms with Gasteiger partial charge in [0.1, 0.15) is 16.6 Å². The lowest BCUT2D eigenvalue weighted by Gasteiger charge is -2.16. The van der Waals surface area contributed by atoms with Crippen molar-refractivity contribution in [2.45, 2.75) is 25.5 Å². The first kappa shape index (κ1) is 18.5. The summed E-state index contributed by atoms with van der Waals surface area (Å²) in [6.07, 6.45) is -0.465. The van der Waals surface area contributed by atoms with Gasteiger partial charge in [0, 0.05) is 25.0 Å². The van der Waals surface area contributed by atoms with E-state index in [0.717, 1.165) is 16.6 Å². The van der Waals surface area contributed by atoms with Gasteiger partial charge in [0.2, 0.25) is 5.91 Å². The molecule has 0 bridgehead atoms. The lowest BCUT2D eigenvalue weighted by Crippen LogP contribution is -2.31. The van der Waals surface area contributed by atoms with Crippen molar-refractivity contribution < 1.29 is 15.0 Å². The lowest BCUT2D eigenvalue weighted by molar-refractivity contribution is -0.123. The number of likely N-dealkylation sites (tertiary alicyclic amines) is 1. The van der Waals surface area contributed by atoms with Gasteiger partial charge in [0.25, 0.3) is 0 Å². The predicted octanol–water partition coefficient (Wildman–Crippen LogP) is 0.532. The van der Waals surface area contributed by atoms with Crippen LogP contribution in [0.15, 0.2) is 30.3 Å². The summed E-state index contributed by atoms with van der Waals surface area (Å²) in [5.74, 6) is -0.0436. The fourth-order valence-electron chi connectivity index (χ4n) is 4.69. The van der Waals surface area contributed by atoms with Gasteiger partial charge in [0.15, 0.2) is 0 Å². The minimum atomic E-state index is -0.513. The molecule has 144 valence electrons. The molecule has 1 amide bonds. The molecule has 0 radical (unpaired) electrons. The molecule has 2 fully saturated rings. The largest absolute Gasteiger partial charge is 0.391 e. The number of nitrogens with zero attached hydrogens (tertiary/aromatic N) is 3. The topological polar surface area (TPSA) is 98.6 Å². The molecule has 1 spiro atoms. The molecule has 2 aliphatic rings. The van der Waals surface area contributed by atoms with Crippen LogP contribution in [0.1, 0.15) is 21.5 Å². The van der Waals surface area contributed by atoms with Crippen LogP contribution in [0.5, 0.6) is 0 Å². The Morgan fingerprint density at radius 1 is 1.37 bits per heavy atom. The van der Waals surface area contributed by atoms with E-state index >= 15 is 0 Å². The lowest BCUT2D eigenvalue weighted by atomic mass is 9.95. The molecule has 2 heterocycles. The fraction of sp³-hybridized carbons (Fsp3) is 0.526.